The van der Waals surface area contributed by atoms with E-state index in [2.05, 4.69) is 15.5 Å². The monoisotopic (exact) mass is 322 g/mol. The van der Waals surface area contributed by atoms with Gasteiger partial charge in [0.05, 0.1) is 17.5 Å². The van der Waals surface area contributed by atoms with Gasteiger partial charge in [-0.1, -0.05) is 18.2 Å². The third-order valence-electron chi connectivity index (χ3n) is 3.84. The largest absolute Gasteiger partial charge is 0.377 e. The van der Waals surface area contributed by atoms with Crippen molar-refractivity contribution >= 4 is 9.84 Å². The second-order valence-corrected chi connectivity index (χ2v) is 7.76. The van der Waals surface area contributed by atoms with Crippen LogP contribution in [-0.4, -0.2) is 47.1 Å². The maximum atomic E-state index is 12.6. The van der Waals surface area contributed by atoms with E-state index in [0.29, 0.717) is 12.4 Å². The van der Waals surface area contributed by atoms with Crippen LogP contribution < -0.4 is 0 Å². The van der Waals surface area contributed by atoms with Crippen LogP contribution in [0.5, 0.6) is 0 Å². The predicted octanol–water partition coefficient (Wildman–Crippen LogP) is 1.32. The van der Waals surface area contributed by atoms with E-state index >= 15 is 0 Å². The average molecular weight is 322 g/mol. The van der Waals surface area contributed by atoms with Crippen molar-refractivity contribution < 1.29 is 13.2 Å². The fourth-order valence-corrected chi connectivity index (χ4v) is 4.08. The number of aromatic nitrogens is 4. The van der Waals surface area contributed by atoms with Crippen molar-refractivity contribution in [2.24, 2.45) is 0 Å². The molecular weight excluding hydrogens is 304 g/mol. The first-order chi connectivity index (χ1) is 10.6. The quantitative estimate of drug-likeness (QED) is 0.825. The second kappa shape index (κ2) is 6.13. The lowest BCUT2D eigenvalue weighted by atomic mass is 10.3. The lowest BCUT2D eigenvalue weighted by Crippen LogP contribution is -2.25. The highest BCUT2D eigenvalue weighted by Gasteiger charge is 2.32. The molecule has 3 rings (SSSR count). The van der Waals surface area contributed by atoms with E-state index in [9.17, 15) is 8.42 Å². The minimum atomic E-state index is -3.39. The Hall–Kier alpha value is -1.80. The number of nitrogens with zero attached hydrogens (tertiary/aromatic N) is 4. The summed E-state index contributed by atoms with van der Waals surface area (Å²) in [5, 5.41) is 10.7. The van der Waals surface area contributed by atoms with E-state index in [1.807, 2.05) is 30.3 Å². The maximum Gasteiger partial charge on any atom is 0.174 e. The Morgan fingerprint density at radius 2 is 2.14 bits per heavy atom. The molecule has 2 unspecified atom stereocenters. The summed E-state index contributed by atoms with van der Waals surface area (Å²) in [6, 6.07) is 9.25. The normalized spacial score (nSPS) is 20.1. The summed E-state index contributed by atoms with van der Waals surface area (Å²) in [6.07, 6.45) is 1.49. The third-order valence-corrected chi connectivity index (χ3v) is 5.96. The van der Waals surface area contributed by atoms with Crippen LogP contribution in [0, 0.1) is 0 Å². The molecule has 1 fully saturated rings. The van der Waals surface area contributed by atoms with Crippen molar-refractivity contribution in [3.8, 4) is 5.69 Å². The molecule has 0 N–H and O–H groups in total. The molecule has 118 valence electrons. The molecular formula is C14H18N4O3S. The highest BCUT2D eigenvalue weighted by Crippen LogP contribution is 2.25. The van der Waals surface area contributed by atoms with Crippen molar-refractivity contribution in [2.75, 3.05) is 12.4 Å². The number of rotatable bonds is 5. The number of tetrazole rings is 1. The minimum absolute atomic E-state index is 0.00974. The fraction of sp³-hybridized carbons (Fsp3) is 0.500. The average Bonchev–Trinajstić information content (AvgIpc) is 3.18. The van der Waals surface area contributed by atoms with E-state index in [0.717, 1.165) is 18.5 Å². The Balaban J connectivity index is 1.86. The van der Waals surface area contributed by atoms with Gasteiger partial charge in [-0.05, 0) is 42.3 Å². The molecule has 1 aromatic carbocycles. The number of ether oxygens (including phenoxy) is 1. The molecule has 22 heavy (non-hydrogen) atoms. The van der Waals surface area contributed by atoms with Gasteiger partial charge in [0.25, 0.3) is 0 Å². The number of hydrogen-bond acceptors (Lipinski definition) is 6. The molecule has 1 aromatic heterocycles. The Morgan fingerprint density at radius 3 is 2.82 bits per heavy atom. The molecule has 1 aliphatic heterocycles. The smallest absolute Gasteiger partial charge is 0.174 e. The summed E-state index contributed by atoms with van der Waals surface area (Å²) in [5.41, 5.74) is 0.738. The lowest BCUT2D eigenvalue weighted by Gasteiger charge is -2.15. The fourth-order valence-electron chi connectivity index (χ4n) is 2.54. The van der Waals surface area contributed by atoms with Crippen molar-refractivity contribution in [1.82, 2.24) is 20.2 Å². The van der Waals surface area contributed by atoms with E-state index in [-0.39, 0.29) is 11.9 Å². The van der Waals surface area contributed by atoms with E-state index in [1.54, 1.807) is 6.92 Å². The molecule has 0 saturated carbocycles. The van der Waals surface area contributed by atoms with Crippen LogP contribution in [0.1, 0.15) is 30.8 Å². The molecule has 0 bridgehead atoms. The van der Waals surface area contributed by atoms with Crippen molar-refractivity contribution in [1.29, 1.82) is 0 Å². The Labute approximate surface area is 129 Å². The van der Waals surface area contributed by atoms with Gasteiger partial charge in [0.1, 0.15) is 5.25 Å². The zero-order chi connectivity index (χ0) is 15.6. The van der Waals surface area contributed by atoms with Gasteiger partial charge in [-0.2, -0.15) is 4.68 Å². The number of para-hydroxylation sites is 1. The minimum Gasteiger partial charge on any atom is -0.377 e. The Morgan fingerprint density at radius 1 is 1.36 bits per heavy atom. The summed E-state index contributed by atoms with van der Waals surface area (Å²) >= 11 is 0. The molecule has 2 aromatic rings. The van der Waals surface area contributed by atoms with Gasteiger partial charge in [0.15, 0.2) is 15.7 Å². The van der Waals surface area contributed by atoms with Crippen LogP contribution in [0.15, 0.2) is 30.3 Å². The van der Waals surface area contributed by atoms with Crippen LogP contribution >= 0.6 is 0 Å². The topological polar surface area (TPSA) is 87.0 Å². The van der Waals surface area contributed by atoms with Crippen LogP contribution in [0.25, 0.3) is 5.69 Å². The Bertz CT molecular complexity index is 724. The lowest BCUT2D eigenvalue weighted by molar-refractivity contribution is 0.127. The van der Waals surface area contributed by atoms with Crippen molar-refractivity contribution in [2.45, 2.75) is 31.1 Å². The summed E-state index contributed by atoms with van der Waals surface area (Å²) < 4.78 is 32.1. The zero-order valence-corrected chi connectivity index (χ0v) is 13.1. The van der Waals surface area contributed by atoms with Gasteiger partial charge in [-0.15, -0.1) is 5.10 Å². The summed E-state index contributed by atoms with van der Waals surface area (Å²) in [4.78, 5) is 0. The van der Waals surface area contributed by atoms with Crippen LogP contribution in [-0.2, 0) is 14.6 Å². The molecule has 1 saturated heterocycles. The summed E-state index contributed by atoms with van der Waals surface area (Å²) in [6.45, 7) is 2.26. The van der Waals surface area contributed by atoms with E-state index in [1.165, 1.54) is 4.68 Å². The third kappa shape index (κ3) is 3.02. The number of sulfone groups is 1. The molecule has 8 heteroatoms. The number of hydrogen-bond donors (Lipinski definition) is 0. The first-order valence-electron chi connectivity index (χ1n) is 7.25. The standard InChI is InChI=1S/C14H18N4O3S/c1-11(22(19,20)10-13-8-5-9-21-13)14-15-16-17-18(14)12-6-3-2-4-7-12/h2-4,6-7,11,13H,5,8-10H2,1H3. The molecule has 0 radical (unpaired) electrons. The molecule has 7 nitrogen and oxygen atoms in total. The van der Waals surface area contributed by atoms with Crippen LogP contribution in [0.3, 0.4) is 0 Å². The molecule has 0 amide bonds. The zero-order valence-electron chi connectivity index (χ0n) is 12.3. The van der Waals surface area contributed by atoms with Gasteiger partial charge in [-0.3, -0.25) is 0 Å². The van der Waals surface area contributed by atoms with Crippen molar-refractivity contribution in [3.05, 3.63) is 36.2 Å². The molecule has 1 aliphatic rings. The maximum absolute atomic E-state index is 12.6. The molecule has 2 heterocycles. The Kier molecular flexibility index (Phi) is 4.21. The second-order valence-electron chi connectivity index (χ2n) is 5.39. The van der Waals surface area contributed by atoms with Crippen LogP contribution in [0.2, 0.25) is 0 Å². The van der Waals surface area contributed by atoms with Gasteiger partial charge in [-0.25, -0.2) is 8.42 Å². The van der Waals surface area contributed by atoms with Gasteiger partial charge in [0, 0.05) is 6.61 Å². The predicted molar refractivity (Wildman–Crippen MR) is 80.3 cm³/mol. The van der Waals surface area contributed by atoms with Gasteiger partial charge < -0.3 is 4.74 Å². The van der Waals surface area contributed by atoms with E-state index < -0.39 is 15.1 Å². The molecule has 0 aliphatic carbocycles. The number of benzene rings is 1. The highest BCUT2D eigenvalue weighted by molar-refractivity contribution is 7.91. The van der Waals surface area contributed by atoms with Gasteiger partial charge >= 0.3 is 0 Å². The van der Waals surface area contributed by atoms with Gasteiger partial charge in [0.2, 0.25) is 0 Å². The first kappa shape index (κ1) is 15.1. The molecule has 2 atom stereocenters. The SMILES string of the molecule is CC(c1nnnn1-c1ccccc1)S(=O)(=O)CC1CCCO1. The van der Waals surface area contributed by atoms with Crippen molar-refractivity contribution in [3.63, 3.8) is 0 Å². The first-order valence-corrected chi connectivity index (χ1v) is 8.96. The molecule has 0 spiro atoms. The van der Waals surface area contributed by atoms with Crippen LogP contribution in [0.4, 0.5) is 0 Å². The van der Waals surface area contributed by atoms with E-state index in [4.69, 9.17) is 4.74 Å². The highest BCUT2D eigenvalue weighted by atomic mass is 32.2. The summed E-state index contributed by atoms with van der Waals surface area (Å²) in [7, 11) is -3.39. The summed E-state index contributed by atoms with van der Waals surface area (Å²) in [5.74, 6) is 0.333.